The van der Waals surface area contributed by atoms with E-state index >= 15 is 0 Å². The molecule has 3 fully saturated rings. The van der Waals surface area contributed by atoms with Gasteiger partial charge in [0.15, 0.2) is 0 Å². The summed E-state index contributed by atoms with van der Waals surface area (Å²) in [5.74, 6) is 0.743. The SMILES string of the molecule is CC1(C)C2=CCCC[C@@]2(C)CC[C@@H]1O.CC1(C)[C@@H](O)CC[C@]2(C)CCCC[C@@H]12. The summed E-state index contributed by atoms with van der Waals surface area (Å²) < 4.78 is 0. The molecule has 5 atom stereocenters. The molecule has 0 heterocycles. The summed E-state index contributed by atoms with van der Waals surface area (Å²) in [7, 11) is 0. The zero-order chi connectivity index (χ0) is 20.8. The van der Waals surface area contributed by atoms with Crippen LogP contribution in [0, 0.1) is 27.6 Å². The molecule has 4 rings (SSSR count). The van der Waals surface area contributed by atoms with Crippen LogP contribution in [0.15, 0.2) is 11.6 Å². The average molecular weight is 391 g/mol. The quantitative estimate of drug-likeness (QED) is 0.455. The van der Waals surface area contributed by atoms with Crippen LogP contribution in [0.3, 0.4) is 0 Å². The third kappa shape index (κ3) is 3.85. The summed E-state index contributed by atoms with van der Waals surface area (Å²) in [6, 6.07) is 0. The molecule has 0 radical (unpaired) electrons. The molecule has 4 aliphatic rings. The second-order valence-electron chi connectivity index (χ2n) is 12.2. The fourth-order valence-electron chi connectivity index (χ4n) is 7.46. The lowest BCUT2D eigenvalue weighted by Gasteiger charge is -2.55. The maximum atomic E-state index is 10.1. The van der Waals surface area contributed by atoms with Crippen LogP contribution in [-0.2, 0) is 0 Å². The normalized spacial score (nSPS) is 44.3. The molecular formula is C26H46O2. The maximum absolute atomic E-state index is 10.1. The first-order chi connectivity index (χ1) is 12.9. The molecular weight excluding hydrogens is 344 g/mol. The molecule has 0 unspecified atom stereocenters. The molecule has 0 aromatic rings. The van der Waals surface area contributed by atoms with E-state index in [1.165, 1.54) is 63.4 Å². The predicted octanol–water partition coefficient (Wildman–Crippen LogP) is 6.65. The fourth-order valence-corrected chi connectivity index (χ4v) is 7.46. The van der Waals surface area contributed by atoms with Gasteiger partial charge in [-0.2, -0.15) is 0 Å². The maximum Gasteiger partial charge on any atom is 0.0628 e. The summed E-state index contributed by atoms with van der Waals surface area (Å²) >= 11 is 0. The zero-order valence-corrected chi connectivity index (χ0v) is 19.5. The molecule has 28 heavy (non-hydrogen) atoms. The van der Waals surface area contributed by atoms with Crippen LogP contribution in [0.1, 0.15) is 112 Å². The van der Waals surface area contributed by atoms with Gasteiger partial charge in [0.25, 0.3) is 0 Å². The Morgan fingerprint density at radius 3 is 2.14 bits per heavy atom. The standard InChI is InChI=1S/C13H24O.C13H22O/c2*1-12(2)10-6-4-5-8-13(10,3)9-7-11(12)14/h10-11,14H,4-9H2,1-3H3;6,11,14H,4-5,7-9H2,1-3H3/t10-,11-,13-;11-,13-/m00/s1. The van der Waals surface area contributed by atoms with Crippen LogP contribution in [-0.4, -0.2) is 22.4 Å². The summed E-state index contributed by atoms with van der Waals surface area (Å²) in [5.41, 5.74) is 2.60. The second-order valence-corrected chi connectivity index (χ2v) is 12.2. The molecule has 2 heteroatoms. The molecule has 0 saturated heterocycles. The third-order valence-electron chi connectivity index (χ3n) is 9.51. The minimum absolute atomic E-state index is 0.00736. The van der Waals surface area contributed by atoms with E-state index in [1.807, 2.05) is 0 Å². The number of fused-ring (bicyclic) bond motifs is 2. The zero-order valence-electron chi connectivity index (χ0n) is 19.5. The number of aliphatic hydroxyl groups is 2. The molecule has 2 nitrogen and oxygen atoms in total. The first-order valence-electron chi connectivity index (χ1n) is 12.0. The smallest absolute Gasteiger partial charge is 0.0628 e. The van der Waals surface area contributed by atoms with E-state index in [4.69, 9.17) is 0 Å². The Bertz CT molecular complexity index is 584. The van der Waals surface area contributed by atoms with Gasteiger partial charge in [-0.25, -0.2) is 0 Å². The van der Waals surface area contributed by atoms with E-state index in [0.717, 1.165) is 18.8 Å². The Hall–Kier alpha value is -0.340. The lowest BCUT2D eigenvalue weighted by molar-refractivity contribution is -0.112. The van der Waals surface area contributed by atoms with Gasteiger partial charge in [-0.05, 0) is 80.0 Å². The Kier molecular flexibility index (Phi) is 6.17. The van der Waals surface area contributed by atoms with Crippen LogP contribution in [0.25, 0.3) is 0 Å². The minimum Gasteiger partial charge on any atom is -0.393 e. The Labute approximate surface area is 174 Å². The first-order valence-corrected chi connectivity index (χ1v) is 12.0. The van der Waals surface area contributed by atoms with Crippen molar-refractivity contribution in [2.45, 2.75) is 124 Å². The van der Waals surface area contributed by atoms with Crippen molar-refractivity contribution >= 4 is 0 Å². The van der Waals surface area contributed by atoms with Gasteiger partial charge in [-0.1, -0.05) is 66.0 Å². The predicted molar refractivity (Wildman–Crippen MR) is 118 cm³/mol. The van der Waals surface area contributed by atoms with Crippen LogP contribution in [0.5, 0.6) is 0 Å². The van der Waals surface area contributed by atoms with Crippen LogP contribution >= 0.6 is 0 Å². The summed E-state index contributed by atoms with van der Waals surface area (Å²) in [6.45, 7) is 13.8. The van der Waals surface area contributed by atoms with Crippen LogP contribution in [0.2, 0.25) is 0 Å². The molecule has 162 valence electrons. The summed E-state index contributed by atoms with van der Waals surface area (Å²) in [4.78, 5) is 0. The van der Waals surface area contributed by atoms with E-state index in [-0.39, 0.29) is 23.0 Å². The van der Waals surface area contributed by atoms with Crippen LogP contribution in [0.4, 0.5) is 0 Å². The van der Waals surface area contributed by atoms with Crippen molar-refractivity contribution < 1.29 is 10.2 Å². The van der Waals surface area contributed by atoms with Gasteiger partial charge in [0, 0.05) is 5.41 Å². The van der Waals surface area contributed by atoms with E-state index in [1.54, 1.807) is 0 Å². The summed E-state index contributed by atoms with van der Waals surface area (Å²) in [5, 5.41) is 20.1. The molecule has 2 N–H and O–H groups in total. The van der Waals surface area contributed by atoms with Gasteiger partial charge in [0.05, 0.1) is 12.2 Å². The van der Waals surface area contributed by atoms with E-state index < -0.39 is 0 Å². The van der Waals surface area contributed by atoms with Gasteiger partial charge in [-0.15, -0.1) is 0 Å². The highest BCUT2D eigenvalue weighted by Crippen LogP contribution is 2.57. The van der Waals surface area contributed by atoms with Crippen molar-refractivity contribution in [1.82, 2.24) is 0 Å². The van der Waals surface area contributed by atoms with Crippen molar-refractivity contribution in [3.63, 3.8) is 0 Å². The molecule has 0 aliphatic heterocycles. The fraction of sp³-hybridized carbons (Fsp3) is 0.923. The lowest BCUT2D eigenvalue weighted by atomic mass is 9.51. The van der Waals surface area contributed by atoms with Crippen molar-refractivity contribution in [3.8, 4) is 0 Å². The molecule has 0 aromatic carbocycles. The van der Waals surface area contributed by atoms with E-state index in [0.29, 0.717) is 10.8 Å². The van der Waals surface area contributed by atoms with E-state index in [9.17, 15) is 10.2 Å². The summed E-state index contributed by atoms with van der Waals surface area (Å²) in [6.07, 6.45) is 15.9. The highest BCUT2D eigenvalue weighted by molar-refractivity contribution is 5.27. The van der Waals surface area contributed by atoms with Crippen molar-refractivity contribution in [2.75, 3.05) is 0 Å². The van der Waals surface area contributed by atoms with Crippen LogP contribution < -0.4 is 0 Å². The topological polar surface area (TPSA) is 40.5 Å². The molecule has 0 amide bonds. The lowest BCUT2D eigenvalue weighted by Crippen LogP contribution is -2.51. The molecule has 4 aliphatic carbocycles. The third-order valence-corrected chi connectivity index (χ3v) is 9.51. The Morgan fingerprint density at radius 1 is 0.750 bits per heavy atom. The van der Waals surface area contributed by atoms with Crippen molar-refractivity contribution in [3.05, 3.63) is 11.6 Å². The molecule has 3 saturated carbocycles. The number of allylic oxidation sites excluding steroid dienone is 1. The Morgan fingerprint density at radius 2 is 1.43 bits per heavy atom. The molecule has 0 bridgehead atoms. The highest BCUT2D eigenvalue weighted by Gasteiger charge is 2.51. The second kappa shape index (κ2) is 7.73. The van der Waals surface area contributed by atoms with Gasteiger partial charge in [0.2, 0.25) is 0 Å². The Balaban J connectivity index is 0.000000161. The van der Waals surface area contributed by atoms with Crippen molar-refractivity contribution in [2.24, 2.45) is 27.6 Å². The first kappa shape index (κ1) is 22.3. The monoisotopic (exact) mass is 390 g/mol. The van der Waals surface area contributed by atoms with Gasteiger partial charge < -0.3 is 10.2 Å². The number of rotatable bonds is 0. The number of hydrogen-bond acceptors (Lipinski definition) is 2. The molecule has 0 aromatic heterocycles. The van der Waals surface area contributed by atoms with Crippen molar-refractivity contribution in [1.29, 1.82) is 0 Å². The highest BCUT2D eigenvalue weighted by atomic mass is 16.3. The number of aliphatic hydroxyl groups excluding tert-OH is 2. The van der Waals surface area contributed by atoms with Gasteiger partial charge in [0.1, 0.15) is 0 Å². The average Bonchev–Trinajstić information content (AvgIpc) is 2.63. The van der Waals surface area contributed by atoms with Gasteiger partial charge in [-0.3, -0.25) is 0 Å². The van der Waals surface area contributed by atoms with E-state index in [2.05, 4.69) is 47.6 Å². The molecule has 0 spiro atoms. The largest absolute Gasteiger partial charge is 0.393 e. The minimum atomic E-state index is -0.139. The van der Waals surface area contributed by atoms with Gasteiger partial charge >= 0.3 is 0 Å². The number of hydrogen-bond donors (Lipinski definition) is 2.